The van der Waals surface area contributed by atoms with Crippen molar-refractivity contribution in [2.75, 3.05) is 20.3 Å². The Labute approximate surface area is 153 Å². The highest BCUT2D eigenvalue weighted by atomic mass is 35.5. The molecule has 0 fully saturated rings. The minimum atomic E-state index is 0.453. The largest absolute Gasteiger partial charge is 0.496 e. The number of halogens is 1. The molecule has 0 aliphatic carbocycles. The van der Waals surface area contributed by atoms with E-state index in [1.807, 2.05) is 22.8 Å². The summed E-state index contributed by atoms with van der Waals surface area (Å²) in [4.78, 5) is 0. The van der Waals surface area contributed by atoms with Crippen molar-refractivity contribution < 1.29 is 14.2 Å². The topological polar surface area (TPSA) is 61.3 Å². The first-order chi connectivity index (χ1) is 12.2. The standard InChI is InChI=1S/C17H14ClN3O3S/c1-22-13-4-2-10(18)8-12(13)16-19-20-17(25)21(16)11-3-5-14-15(9-11)24-7-6-23-14/h2-5,8-9H,6-7H2,1H3,(H,20,25). The van der Waals surface area contributed by atoms with Crippen LogP contribution in [0, 0.1) is 4.77 Å². The Morgan fingerprint density at radius 2 is 1.96 bits per heavy atom. The Balaban J connectivity index is 1.89. The van der Waals surface area contributed by atoms with E-state index in [4.69, 9.17) is 38.0 Å². The zero-order valence-electron chi connectivity index (χ0n) is 13.3. The molecule has 25 heavy (non-hydrogen) atoms. The van der Waals surface area contributed by atoms with Gasteiger partial charge in [-0.2, -0.15) is 5.10 Å². The molecule has 0 atom stereocenters. The van der Waals surface area contributed by atoms with Crippen LogP contribution in [0.4, 0.5) is 0 Å². The monoisotopic (exact) mass is 375 g/mol. The summed E-state index contributed by atoms with van der Waals surface area (Å²) in [5, 5.41) is 7.77. The molecule has 0 bridgehead atoms. The average molecular weight is 376 g/mol. The van der Waals surface area contributed by atoms with Crippen LogP contribution in [0.25, 0.3) is 17.1 Å². The van der Waals surface area contributed by atoms with Gasteiger partial charge in [-0.05, 0) is 42.5 Å². The second-order valence-electron chi connectivity index (χ2n) is 5.36. The van der Waals surface area contributed by atoms with Crippen molar-refractivity contribution in [2.24, 2.45) is 0 Å². The number of nitrogens with zero attached hydrogens (tertiary/aromatic N) is 2. The molecule has 0 radical (unpaired) electrons. The number of hydrogen-bond donors (Lipinski definition) is 1. The first-order valence-electron chi connectivity index (χ1n) is 7.59. The van der Waals surface area contributed by atoms with Crippen LogP contribution in [0.15, 0.2) is 36.4 Å². The van der Waals surface area contributed by atoms with E-state index >= 15 is 0 Å². The summed E-state index contributed by atoms with van der Waals surface area (Å²) < 4.78 is 18.9. The van der Waals surface area contributed by atoms with Crippen molar-refractivity contribution in [3.05, 3.63) is 46.2 Å². The molecule has 1 aliphatic heterocycles. The predicted octanol–water partition coefficient (Wildman–Crippen LogP) is 4.03. The van der Waals surface area contributed by atoms with Crippen LogP contribution in [0.3, 0.4) is 0 Å². The van der Waals surface area contributed by atoms with Crippen LogP contribution in [-0.4, -0.2) is 35.1 Å². The summed E-state index contributed by atoms with van der Waals surface area (Å²) in [6.07, 6.45) is 0. The van der Waals surface area contributed by atoms with Crippen molar-refractivity contribution >= 4 is 23.8 Å². The minimum Gasteiger partial charge on any atom is -0.496 e. The minimum absolute atomic E-state index is 0.453. The third-order valence-electron chi connectivity index (χ3n) is 3.86. The molecule has 0 spiro atoms. The number of aromatic nitrogens is 3. The maximum Gasteiger partial charge on any atom is 0.200 e. The zero-order valence-corrected chi connectivity index (χ0v) is 14.9. The van der Waals surface area contributed by atoms with Crippen LogP contribution in [-0.2, 0) is 0 Å². The van der Waals surface area contributed by atoms with Gasteiger partial charge in [-0.25, -0.2) is 0 Å². The second-order valence-corrected chi connectivity index (χ2v) is 6.18. The molecule has 128 valence electrons. The van der Waals surface area contributed by atoms with Gasteiger partial charge in [-0.15, -0.1) is 0 Å². The Morgan fingerprint density at radius 1 is 1.16 bits per heavy atom. The summed E-state index contributed by atoms with van der Waals surface area (Å²) >= 11 is 11.6. The van der Waals surface area contributed by atoms with Crippen molar-refractivity contribution in [3.8, 4) is 34.3 Å². The number of methoxy groups -OCH3 is 1. The summed E-state index contributed by atoms with van der Waals surface area (Å²) in [5.41, 5.74) is 1.54. The zero-order chi connectivity index (χ0) is 17.4. The van der Waals surface area contributed by atoms with Gasteiger partial charge in [-0.3, -0.25) is 9.67 Å². The number of fused-ring (bicyclic) bond motifs is 1. The van der Waals surface area contributed by atoms with Crippen LogP contribution in [0.5, 0.6) is 17.2 Å². The number of ether oxygens (including phenoxy) is 3. The molecule has 6 nitrogen and oxygen atoms in total. The van der Waals surface area contributed by atoms with E-state index in [1.54, 1.807) is 25.3 Å². The molecule has 1 aromatic heterocycles. The van der Waals surface area contributed by atoms with E-state index in [2.05, 4.69) is 10.2 Å². The quantitative estimate of drug-likeness (QED) is 0.700. The van der Waals surface area contributed by atoms with E-state index in [1.165, 1.54) is 0 Å². The van der Waals surface area contributed by atoms with Gasteiger partial charge in [-0.1, -0.05) is 11.6 Å². The molecule has 3 aromatic rings. The molecule has 0 unspecified atom stereocenters. The number of H-pyrrole nitrogens is 1. The van der Waals surface area contributed by atoms with Gasteiger partial charge in [0.1, 0.15) is 19.0 Å². The first kappa shape index (κ1) is 16.0. The van der Waals surface area contributed by atoms with Crippen LogP contribution in [0.2, 0.25) is 5.02 Å². The fourth-order valence-electron chi connectivity index (χ4n) is 2.74. The SMILES string of the molecule is COc1ccc(Cl)cc1-c1n[nH]c(=S)n1-c1ccc2c(c1)OCCO2. The maximum atomic E-state index is 6.16. The Hall–Kier alpha value is -2.51. The number of benzene rings is 2. The molecular weight excluding hydrogens is 362 g/mol. The Morgan fingerprint density at radius 3 is 2.76 bits per heavy atom. The van der Waals surface area contributed by atoms with Crippen molar-refractivity contribution in [3.63, 3.8) is 0 Å². The molecule has 4 rings (SSSR count). The average Bonchev–Trinajstić information content (AvgIpc) is 3.02. The summed E-state index contributed by atoms with van der Waals surface area (Å²) in [6, 6.07) is 11.0. The lowest BCUT2D eigenvalue weighted by molar-refractivity contribution is 0.171. The van der Waals surface area contributed by atoms with Crippen LogP contribution in [0.1, 0.15) is 0 Å². The number of nitrogens with one attached hydrogen (secondary N) is 1. The second kappa shape index (κ2) is 6.42. The van der Waals surface area contributed by atoms with Crippen LogP contribution >= 0.6 is 23.8 Å². The van der Waals surface area contributed by atoms with E-state index < -0.39 is 0 Å². The summed E-state index contributed by atoms with van der Waals surface area (Å²) in [7, 11) is 1.60. The fraction of sp³-hybridized carbons (Fsp3) is 0.176. The van der Waals surface area contributed by atoms with Gasteiger partial charge in [0, 0.05) is 11.1 Å². The van der Waals surface area contributed by atoms with Gasteiger partial charge in [0.15, 0.2) is 22.1 Å². The lowest BCUT2D eigenvalue weighted by atomic mass is 10.1. The molecule has 2 aromatic carbocycles. The van der Waals surface area contributed by atoms with Crippen molar-refractivity contribution in [1.82, 2.24) is 14.8 Å². The van der Waals surface area contributed by atoms with Gasteiger partial charge in [0.25, 0.3) is 0 Å². The number of aromatic amines is 1. The fourth-order valence-corrected chi connectivity index (χ4v) is 3.15. The first-order valence-corrected chi connectivity index (χ1v) is 8.37. The van der Waals surface area contributed by atoms with Gasteiger partial charge in [0.2, 0.25) is 0 Å². The van der Waals surface area contributed by atoms with Crippen molar-refractivity contribution in [2.45, 2.75) is 0 Å². The molecule has 1 N–H and O–H groups in total. The normalized spacial score (nSPS) is 12.9. The lowest BCUT2D eigenvalue weighted by Gasteiger charge is -2.19. The molecule has 0 saturated carbocycles. The van der Waals surface area contributed by atoms with Gasteiger partial charge in [0.05, 0.1) is 18.4 Å². The number of hydrogen-bond acceptors (Lipinski definition) is 5. The smallest absolute Gasteiger partial charge is 0.200 e. The highest BCUT2D eigenvalue weighted by Gasteiger charge is 2.18. The van der Waals surface area contributed by atoms with E-state index in [0.717, 1.165) is 11.3 Å². The molecular formula is C17H14ClN3O3S. The van der Waals surface area contributed by atoms with Crippen molar-refractivity contribution in [1.29, 1.82) is 0 Å². The van der Waals surface area contributed by atoms with E-state index in [0.29, 0.717) is 46.1 Å². The third-order valence-corrected chi connectivity index (χ3v) is 4.37. The number of rotatable bonds is 3. The summed E-state index contributed by atoms with van der Waals surface area (Å²) in [6.45, 7) is 1.06. The highest BCUT2D eigenvalue weighted by molar-refractivity contribution is 7.71. The molecule has 1 aliphatic rings. The molecule has 0 amide bonds. The summed E-state index contributed by atoms with van der Waals surface area (Å²) in [5.74, 6) is 2.64. The third kappa shape index (κ3) is 2.85. The van der Waals surface area contributed by atoms with E-state index in [-0.39, 0.29) is 0 Å². The Kier molecular flexibility index (Phi) is 4.10. The van der Waals surface area contributed by atoms with Gasteiger partial charge >= 0.3 is 0 Å². The molecule has 2 heterocycles. The molecule has 8 heteroatoms. The predicted molar refractivity (Wildman–Crippen MR) is 96.7 cm³/mol. The lowest BCUT2D eigenvalue weighted by Crippen LogP contribution is -2.15. The van der Waals surface area contributed by atoms with E-state index in [9.17, 15) is 0 Å². The highest BCUT2D eigenvalue weighted by Crippen LogP contribution is 2.36. The molecule has 0 saturated heterocycles. The van der Waals surface area contributed by atoms with Crippen LogP contribution < -0.4 is 14.2 Å². The maximum absolute atomic E-state index is 6.16. The Bertz CT molecular complexity index is 999. The van der Waals surface area contributed by atoms with Gasteiger partial charge < -0.3 is 14.2 Å².